The van der Waals surface area contributed by atoms with Crippen molar-refractivity contribution in [1.29, 1.82) is 5.26 Å². The van der Waals surface area contributed by atoms with Crippen LogP contribution < -0.4 is 4.74 Å². The van der Waals surface area contributed by atoms with Crippen molar-refractivity contribution in [2.75, 3.05) is 7.11 Å². The van der Waals surface area contributed by atoms with Crippen molar-refractivity contribution in [3.63, 3.8) is 0 Å². The number of hydrogen-bond acceptors (Lipinski definition) is 4. The van der Waals surface area contributed by atoms with Gasteiger partial charge in [0.25, 0.3) is 0 Å². The summed E-state index contributed by atoms with van der Waals surface area (Å²) in [6.07, 6.45) is 0. The van der Waals surface area contributed by atoms with Crippen molar-refractivity contribution in [1.82, 2.24) is 9.78 Å². The first-order valence-corrected chi connectivity index (χ1v) is 7.54. The molecule has 3 rings (SSSR count). The van der Waals surface area contributed by atoms with Gasteiger partial charge in [-0.1, -0.05) is 24.3 Å². The van der Waals surface area contributed by atoms with E-state index in [4.69, 9.17) is 10.00 Å². The normalized spacial score (nSPS) is 10.4. The summed E-state index contributed by atoms with van der Waals surface area (Å²) in [5.74, 6) is 0.801. The Morgan fingerprint density at radius 2 is 1.96 bits per heavy atom. The summed E-state index contributed by atoms with van der Waals surface area (Å²) < 4.78 is 6.93. The number of nitrogens with zero attached hydrogens (tertiary/aromatic N) is 3. The summed E-state index contributed by atoms with van der Waals surface area (Å²) in [4.78, 5) is 0. The van der Waals surface area contributed by atoms with E-state index in [9.17, 15) is 5.11 Å². The molecule has 1 aromatic heterocycles. The molecule has 0 radical (unpaired) electrons. The fraction of sp³-hybridized carbons (Fsp3) is 0.158. The highest BCUT2D eigenvalue weighted by Crippen LogP contribution is 2.21. The van der Waals surface area contributed by atoms with Gasteiger partial charge in [-0.25, -0.2) is 0 Å². The van der Waals surface area contributed by atoms with E-state index in [1.54, 1.807) is 23.9 Å². The average molecular weight is 319 g/mol. The Hall–Kier alpha value is -3.10. The molecule has 0 saturated carbocycles. The summed E-state index contributed by atoms with van der Waals surface area (Å²) in [5.41, 5.74) is 3.97. The highest BCUT2D eigenvalue weighted by Gasteiger charge is 2.10. The topological polar surface area (TPSA) is 71.1 Å². The largest absolute Gasteiger partial charge is 0.497 e. The molecule has 1 heterocycles. The minimum atomic E-state index is -0.0961. The molecule has 0 unspecified atom stereocenters. The number of methoxy groups -OCH3 is 1. The molecule has 0 atom stereocenters. The van der Waals surface area contributed by atoms with Crippen LogP contribution in [0.3, 0.4) is 0 Å². The SMILES string of the molecule is COc1ccc(Cn2nc(-c3cccc(C#N)c3)cc2CO)cc1. The minimum absolute atomic E-state index is 0.0961. The number of aliphatic hydroxyl groups is 1. The van der Waals surface area contributed by atoms with Gasteiger partial charge >= 0.3 is 0 Å². The van der Waals surface area contributed by atoms with Gasteiger partial charge in [0.15, 0.2) is 0 Å². The molecular weight excluding hydrogens is 302 g/mol. The fourth-order valence-electron chi connectivity index (χ4n) is 2.51. The van der Waals surface area contributed by atoms with Gasteiger partial charge in [-0.15, -0.1) is 0 Å². The summed E-state index contributed by atoms with van der Waals surface area (Å²) in [7, 11) is 1.63. The molecule has 2 aromatic carbocycles. The fourth-order valence-corrected chi connectivity index (χ4v) is 2.51. The molecule has 0 amide bonds. The molecule has 0 spiro atoms. The van der Waals surface area contributed by atoms with Crippen LogP contribution in [0.15, 0.2) is 54.6 Å². The van der Waals surface area contributed by atoms with Crippen molar-refractivity contribution >= 4 is 0 Å². The van der Waals surface area contributed by atoms with Crippen molar-refractivity contribution in [2.45, 2.75) is 13.2 Å². The Morgan fingerprint density at radius 3 is 2.62 bits per heavy atom. The van der Waals surface area contributed by atoms with Crippen LogP contribution in [0.1, 0.15) is 16.8 Å². The first-order chi connectivity index (χ1) is 11.7. The predicted octanol–water partition coefficient (Wildman–Crippen LogP) is 2.97. The van der Waals surface area contributed by atoms with Crippen molar-refractivity contribution in [2.24, 2.45) is 0 Å². The summed E-state index contributed by atoms with van der Waals surface area (Å²) in [6, 6.07) is 19.0. The Balaban J connectivity index is 1.90. The molecule has 1 N–H and O–H groups in total. The van der Waals surface area contributed by atoms with Gasteiger partial charge in [0, 0.05) is 5.56 Å². The molecular formula is C19H17N3O2. The second-order valence-electron chi connectivity index (χ2n) is 5.38. The maximum atomic E-state index is 9.61. The van der Waals surface area contributed by atoms with Gasteiger partial charge in [0.2, 0.25) is 0 Å². The van der Waals surface area contributed by atoms with E-state index in [1.165, 1.54) is 0 Å². The molecule has 120 valence electrons. The Kier molecular flexibility index (Phi) is 4.59. The number of ether oxygens (including phenoxy) is 1. The van der Waals surface area contributed by atoms with Crippen LogP contribution >= 0.6 is 0 Å². The van der Waals surface area contributed by atoms with Gasteiger partial charge < -0.3 is 9.84 Å². The summed E-state index contributed by atoms with van der Waals surface area (Å²) in [6.45, 7) is 0.457. The smallest absolute Gasteiger partial charge is 0.118 e. The monoisotopic (exact) mass is 319 g/mol. The molecule has 0 bridgehead atoms. The third-order valence-electron chi connectivity index (χ3n) is 3.80. The van der Waals surface area contributed by atoms with Crippen LogP contribution in [-0.4, -0.2) is 22.0 Å². The predicted molar refractivity (Wildman–Crippen MR) is 90.4 cm³/mol. The van der Waals surface area contributed by atoms with E-state index in [1.807, 2.05) is 42.5 Å². The highest BCUT2D eigenvalue weighted by molar-refractivity contribution is 5.61. The van der Waals surface area contributed by atoms with Gasteiger partial charge in [-0.2, -0.15) is 10.4 Å². The molecule has 0 fully saturated rings. The van der Waals surface area contributed by atoms with E-state index in [0.29, 0.717) is 12.1 Å². The van der Waals surface area contributed by atoms with E-state index in [-0.39, 0.29) is 6.61 Å². The number of aromatic nitrogens is 2. The maximum absolute atomic E-state index is 9.61. The average Bonchev–Trinajstić information content (AvgIpc) is 3.05. The zero-order valence-corrected chi connectivity index (χ0v) is 13.3. The number of hydrogen-bond donors (Lipinski definition) is 1. The second-order valence-corrected chi connectivity index (χ2v) is 5.38. The first-order valence-electron chi connectivity index (χ1n) is 7.54. The quantitative estimate of drug-likeness (QED) is 0.785. The van der Waals surface area contributed by atoms with Crippen molar-refractivity contribution < 1.29 is 9.84 Å². The van der Waals surface area contributed by atoms with Crippen LogP contribution in [0.5, 0.6) is 5.75 Å². The Labute approximate surface area is 140 Å². The Bertz CT molecular complexity index is 876. The van der Waals surface area contributed by atoms with Crippen LogP contribution in [0, 0.1) is 11.3 Å². The van der Waals surface area contributed by atoms with Crippen molar-refractivity contribution in [3.05, 3.63) is 71.4 Å². The van der Waals surface area contributed by atoms with Crippen LogP contribution in [0.2, 0.25) is 0 Å². The third-order valence-corrected chi connectivity index (χ3v) is 3.80. The molecule has 0 aliphatic heterocycles. The molecule has 0 saturated heterocycles. The standard InChI is InChI=1S/C19H17N3O2/c1-24-18-7-5-14(6-8-18)12-22-17(13-23)10-19(21-22)16-4-2-3-15(9-16)11-20/h2-10,23H,12-13H2,1H3. The maximum Gasteiger partial charge on any atom is 0.118 e. The number of aliphatic hydroxyl groups excluding tert-OH is 1. The number of rotatable bonds is 5. The van der Waals surface area contributed by atoms with E-state index < -0.39 is 0 Å². The lowest BCUT2D eigenvalue weighted by atomic mass is 10.1. The lowest BCUT2D eigenvalue weighted by molar-refractivity contribution is 0.269. The zero-order chi connectivity index (χ0) is 16.9. The van der Waals surface area contributed by atoms with Gasteiger partial charge in [-0.05, 0) is 35.9 Å². The zero-order valence-electron chi connectivity index (χ0n) is 13.3. The van der Waals surface area contributed by atoms with Gasteiger partial charge in [0.05, 0.1) is 43.3 Å². The van der Waals surface area contributed by atoms with E-state index >= 15 is 0 Å². The Morgan fingerprint density at radius 1 is 1.17 bits per heavy atom. The molecule has 5 heteroatoms. The third kappa shape index (κ3) is 3.29. The van der Waals surface area contributed by atoms with Gasteiger partial charge in [-0.3, -0.25) is 4.68 Å². The van der Waals surface area contributed by atoms with Crippen molar-refractivity contribution in [3.8, 4) is 23.1 Å². The van der Waals surface area contributed by atoms with E-state index in [2.05, 4.69) is 11.2 Å². The molecule has 24 heavy (non-hydrogen) atoms. The minimum Gasteiger partial charge on any atom is -0.497 e. The molecule has 3 aromatic rings. The van der Waals surface area contributed by atoms with Crippen LogP contribution in [0.25, 0.3) is 11.3 Å². The lowest BCUT2D eigenvalue weighted by Crippen LogP contribution is -2.06. The number of nitriles is 1. The highest BCUT2D eigenvalue weighted by atomic mass is 16.5. The number of benzene rings is 2. The first kappa shape index (κ1) is 15.8. The molecule has 0 aliphatic carbocycles. The summed E-state index contributed by atoms with van der Waals surface area (Å²) in [5, 5.41) is 23.2. The van der Waals surface area contributed by atoms with Crippen LogP contribution in [0.4, 0.5) is 0 Å². The molecule has 0 aliphatic rings. The summed E-state index contributed by atoms with van der Waals surface area (Å²) >= 11 is 0. The second kappa shape index (κ2) is 6.99. The lowest BCUT2D eigenvalue weighted by Gasteiger charge is -2.06. The van der Waals surface area contributed by atoms with Gasteiger partial charge in [0.1, 0.15) is 5.75 Å². The van der Waals surface area contributed by atoms with E-state index in [0.717, 1.165) is 28.3 Å². The molecule has 5 nitrogen and oxygen atoms in total. The van der Waals surface area contributed by atoms with Crippen LogP contribution in [-0.2, 0) is 13.2 Å².